The highest BCUT2D eigenvalue weighted by Crippen LogP contribution is 2.49. The lowest BCUT2D eigenvalue weighted by Gasteiger charge is -2.44. The van der Waals surface area contributed by atoms with Crippen molar-refractivity contribution in [3.05, 3.63) is 41.7 Å². The van der Waals surface area contributed by atoms with Gasteiger partial charge in [0.2, 0.25) is 6.29 Å². The first kappa shape index (κ1) is 28.8. The third-order valence-electron chi connectivity index (χ3n) is 7.27. The number of aliphatic carboxylic acids is 1. The molecule has 0 bridgehead atoms. The molecular formula is C25H30O14. The second kappa shape index (κ2) is 11.1. The monoisotopic (exact) mass is 554 g/mol. The van der Waals surface area contributed by atoms with E-state index in [-0.39, 0.29) is 23.5 Å². The van der Waals surface area contributed by atoms with Gasteiger partial charge in [0, 0.05) is 12.0 Å². The summed E-state index contributed by atoms with van der Waals surface area (Å²) in [7, 11) is 0. The van der Waals surface area contributed by atoms with Crippen LogP contribution >= 0.6 is 0 Å². The molecule has 1 aromatic carbocycles. The number of carboxylic acids is 1. The molecule has 1 aromatic rings. The molecule has 0 aromatic heterocycles. The Bertz CT molecular complexity index is 1150. The van der Waals surface area contributed by atoms with E-state index in [0.717, 1.165) is 12.3 Å². The minimum atomic E-state index is -1.84. The zero-order chi connectivity index (χ0) is 28.6. The molecule has 1 saturated heterocycles. The maximum Gasteiger partial charge on any atom is 0.334 e. The maximum absolute atomic E-state index is 12.1. The number of benzene rings is 1. The van der Waals surface area contributed by atoms with Crippen molar-refractivity contribution in [2.45, 2.75) is 62.0 Å². The number of esters is 1. The van der Waals surface area contributed by atoms with Crippen molar-refractivity contribution in [2.24, 2.45) is 11.8 Å². The Morgan fingerprint density at radius 1 is 1.08 bits per heavy atom. The van der Waals surface area contributed by atoms with Crippen molar-refractivity contribution in [2.75, 3.05) is 6.61 Å². The SMILES string of the molecule is CC1(O)C(O)CC2C(C(=O)O)=COC(OC3OC(COC(=O)C=Cc4ccc(O)c(O)c4)C(O)C(O)C3O)C21. The highest BCUT2D eigenvalue weighted by Gasteiger charge is 2.59. The number of aliphatic hydroxyl groups excluding tert-OH is 4. The van der Waals surface area contributed by atoms with Gasteiger partial charge in [-0.2, -0.15) is 0 Å². The topological polar surface area (TPSA) is 233 Å². The molecule has 14 heteroatoms. The van der Waals surface area contributed by atoms with Gasteiger partial charge >= 0.3 is 11.9 Å². The van der Waals surface area contributed by atoms with Gasteiger partial charge < -0.3 is 59.8 Å². The molecule has 2 aliphatic heterocycles. The van der Waals surface area contributed by atoms with E-state index in [1.165, 1.54) is 31.2 Å². The van der Waals surface area contributed by atoms with E-state index in [0.29, 0.717) is 5.56 Å². The molecule has 1 saturated carbocycles. The number of carbonyl (C=O) groups is 2. The molecule has 4 rings (SSSR count). The summed E-state index contributed by atoms with van der Waals surface area (Å²) in [5.41, 5.74) is -1.64. The van der Waals surface area contributed by atoms with Gasteiger partial charge in [0.25, 0.3) is 0 Å². The standard InChI is InChI=1S/C25H30O14/c1-25(35)16(28)7-11-12(22(33)34)8-37-23(18(11)25)39-24-21(32)20(31)19(30)15(38-24)9-36-17(29)5-3-10-2-4-13(26)14(27)6-10/h2-6,8,11,15-16,18-21,23-24,26-28,30-32,35H,7,9H2,1H3,(H,33,34). The summed E-state index contributed by atoms with van der Waals surface area (Å²) in [6.45, 7) is 0.713. The Hall–Kier alpha value is -3.24. The van der Waals surface area contributed by atoms with E-state index in [1.54, 1.807) is 0 Å². The van der Waals surface area contributed by atoms with E-state index in [4.69, 9.17) is 18.9 Å². The Kier molecular flexibility index (Phi) is 8.18. The maximum atomic E-state index is 12.1. The Balaban J connectivity index is 1.43. The number of fused-ring (bicyclic) bond motifs is 1. The summed E-state index contributed by atoms with van der Waals surface area (Å²) in [5.74, 6) is -4.86. The summed E-state index contributed by atoms with van der Waals surface area (Å²) in [5, 5.41) is 80.7. The molecule has 2 heterocycles. The molecule has 0 radical (unpaired) electrons. The van der Waals surface area contributed by atoms with Crippen LogP contribution in [0.4, 0.5) is 0 Å². The molecule has 1 aliphatic carbocycles. The van der Waals surface area contributed by atoms with Gasteiger partial charge in [-0.1, -0.05) is 6.07 Å². The number of aliphatic hydroxyl groups is 5. The van der Waals surface area contributed by atoms with Crippen LogP contribution in [0.5, 0.6) is 11.5 Å². The molecular weight excluding hydrogens is 524 g/mol. The van der Waals surface area contributed by atoms with Crippen molar-refractivity contribution in [1.82, 2.24) is 0 Å². The Labute approximate surface area is 221 Å². The molecule has 3 aliphatic rings. The van der Waals surface area contributed by atoms with Crippen molar-refractivity contribution >= 4 is 18.0 Å². The van der Waals surface area contributed by atoms with Gasteiger partial charge in [-0.15, -0.1) is 0 Å². The van der Waals surface area contributed by atoms with E-state index in [9.17, 15) is 50.4 Å². The fourth-order valence-corrected chi connectivity index (χ4v) is 5.00. The normalized spacial score (nSPS) is 38.1. The van der Waals surface area contributed by atoms with Crippen LogP contribution in [0.15, 0.2) is 36.1 Å². The fraction of sp³-hybridized carbons (Fsp3) is 0.520. The van der Waals surface area contributed by atoms with Crippen LogP contribution in [0.1, 0.15) is 18.9 Å². The van der Waals surface area contributed by atoms with Gasteiger partial charge in [-0.3, -0.25) is 0 Å². The van der Waals surface area contributed by atoms with E-state index < -0.39 is 79.1 Å². The third kappa shape index (κ3) is 5.72. The average molecular weight is 555 g/mol. The summed E-state index contributed by atoms with van der Waals surface area (Å²) in [4.78, 5) is 23.8. The molecule has 2 fully saturated rings. The molecule has 0 spiro atoms. The summed E-state index contributed by atoms with van der Waals surface area (Å²) < 4.78 is 21.7. The Morgan fingerprint density at radius 3 is 2.46 bits per heavy atom. The smallest absolute Gasteiger partial charge is 0.334 e. The number of hydrogen-bond donors (Lipinski definition) is 8. The van der Waals surface area contributed by atoms with Crippen molar-refractivity contribution < 1.29 is 69.4 Å². The van der Waals surface area contributed by atoms with Crippen molar-refractivity contribution in [3.63, 3.8) is 0 Å². The first-order valence-electron chi connectivity index (χ1n) is 12.0. The highest BCUT2D eigenvalue weighted by molar-refractivity contribution is 5.87. The molecule has 39 heavy (non-hydrogen) atoms. The van der Waals surface area contributed by atoms with E-state index >= 15 is 0 Å². The highest BCUT2D eigenvalue weighted by atomic mass is 16.8. The van der Waals surface area contributed by atoms with Gasteiger partial charge in [0.1, 0.15) is 31.0 Å². The summed E-state index contributed by atoms with van der Waals surface area (Å²) in [6.07, 6.45) is -7.94. The Morgan fingerprint density at radius 2 is 1.79 bits per heavy atom. The molecule has 10 atom stereocenters. The average Bonchev–Trinajstić information content (AvgIpc) is 3.12. The number of rotatable bonds is 7. The second-order valence-electron chi connectivity index (χ2n) is 9.85. The van der Waals surface area contributed by atoms with Gasteiger partial charge in [0.15, 0.2) is 17.8 Å². The fourth-order valence-electron chi connectivity index (χ4n) is 5.00. The van der Waals surface area contributed by atoms with Crippen LogP contribution in [0, 0.1) is 11.8 Å². The van der Waals surface area contributed by atoms with Crippen molar-refractivity contribution in [3.8, 4) is 11.5 Å². The molecule has 8 N–H and O–H groups in total. The number of ether oxygens (including phenoxy) is 4. The number of phenolic OH excluding ortho intramolecular Hbond substituents is 2. The number of carboxylic acid groups (broad SMARTS) is 1. The molecule has 14 nitrogen and oxygen atoms in total. The number of aromatic hydroxyl groups is 2. The summed E-state index contributed by atoms with van der Waals surface area (Å²) in [6, 6.07) is 3.86. The van der Waals surface area contributed by atoms with E-state index in [1.807, 2.05) is 0 Å². The number of hydrogen-bond acceptors (Lipinski definition) is 13. The van der Waals surface area contributed by atoms with Gasteiger partial charge in [-0.25, -0.2) is 9.59 Å². The predicted molar refractivity (Wildman–Crippen MR) is 126 cm³/mol. The van der Waals surface area contributed by atoms with Crippen LogP contribution in [0.25, 0.3) is 6.08 Å². The van der Waals surface area contributed by atoms with Crippen LogP contribution in [0.3, 0.4) is 0 Å². The van der Waals surface area contributed by atoms with Gasteiger partial charge in [-0.05, 0) is 37.1 Å². The number of carbonyl (C=O) groups excluding carboxylic acids is 1. The summed E-state index contributed by atoms with van der Waals surface area (Å²) >= 11 is 0. The van der Waals surface area contributed by atoms with Crippen LogP contribution in [0.2, 0.25) is 0 Å². The van der Waals surface area contributed by atoms with Gasteiger partial charge in [0.05, 0.1) is 29.5 Å². The lowest BCUT2D eigenvalue weighted by molar-refractivity contribution is -0.347. The van der Waals surface area contributed by atoms with E-state index in [2.05, 4.69) is 0 Å². The first-order valence-corrected chi connectivity index (χ1v) is 12.0. The zero-order valence-corrected chi connectivity index (χ0v) is 20.6. The largest absolute Gasteiger partial charge is 0.504 e. The van der Waals surface area contributed by atoms with Crippen LogP contribution in [-0.2, 0) is 28.5 Å². The molecule has 10 unspecified atom stereocenters. The third-order valence-corrected chi connectivity index (χ3v) is 7.27. The minimum Gasteiger partial charge on any atom is -0.504 e. The molecule has 214 valence electrons. The van der Waals surface area contributed by atoms with Crippen LogP contribution < -0.4 is 0 Å². The zero-order valence-electron chi connectivity index (χ0n) is 20.6. The van der Waals surface area contributed by atoms with Crippen LogP contribution in [-0.4, -0.2) is 108 Å². The molecule has 0 amide bonds. The lowest BCUT2D eigenvalue weighted by Crippen LogP contribution is -2.61. The second-order valence-corrected chi connectivity index (χ2v) is 9.85. The quantitative estimate of drug-likeness (QED) is 0.109. The minimum absolute atomic E-state index is 0.0930. The lowest BCUT2D eigenvalue weighted by atomic mass is 9.81. The first-order chi connectivity index (χ1) is 18.3. The predicted octanol–water partition coefficient (Wildman–Crippen LogP) is -1.45. The number of phenols is 2. The van der Waals surface area contributed by atoms with Crippen molar-refractivity contribution in [1.29, 1.82) is 0 Å².